The maximum Gasteiger partial charge on any atom is 0.350 e. The number of ether oxygens (including phenoxy) is 1. The van der Waals surface area contributed by atoms with E-state index >= 15 is 0 Å². The molecular weight excluding hydrogens is 290 g/mol. The van der Waals surface area contributed by atoms with Gasteiger partial charge in [-0.2, -0.15) is 0 Å². The first-order valence-electron chi connectivity index (χ1n) is 7.29. The number of rotatable bonds is 6. The predicted octanol–water partition coefficient (Wildman–Crippen LogP) is 2.67. The Hall–Kier alpha value is -1.63. The highest BCUT2D eigenvalue weighted by Gasteiger charge is 2.32. The molecule has 0 radical (unpaired) electrons. The van der Waals surface area contributed by atoms with Crippen molar-refractivity contribution in [1.82, 2.24) is 9.88 Å². The zero-order valence-electron chi connectivity index (χ0n) is 12.7. The van der Waals surface area contributed by atoms with Gasteiger partial charge in [0.1, 0.15) is 4.88 Å². The number of unbranched alkanes of at least 4 members (excludes halogenated alkanes) is 1. The number of hydrogen-bond donors (Lipinski definition) is 0. The van der Waals surface area contributed by atoms with Gasteiger partial charge in [0, 0.05) is 19.6 Å². The molecule has 0 aliphatic carbocycles. The molecule has 116 valence electrons. The van der Waals surface area contributed by atoms with Crippen LogP contribution in [0.4, 0.5) is 9.93 Å². The van der Waals surface area contributed by atoms with Crippen molar-refractivity contribution in [3.63, 3.8) is 0 Å². The Morgan fingerprint density at radius 2 is 2.14 bits per heavy atom. The second-order valence-electron chi connectivity index (χ2n) is 4.91. The van der Waals surface area contributed by atoms with E-state index in [0.717, 1.165) is 19.4 Å². The van der Waals surface area contributed by atoms with Gasteiger partial charge in [0.05, 0.1) is 12.3 Å². The Morgan fingerprint density at radius 3 is 2.81 bits per heavy atom. The third kappa shape index (κ3) is 3.34. The highest BCUT2D eigenvalue weighted by molar-refractivity contribution is 7.17. The molecule has 1 aromatic heterocycles. The molecule has 0 atom stereocenters. The molecule has 2 heterocycles. The lowest BCUT2D eigenvalue weighted by Crippen LogP contribution is -2.32. The van der Waals surface area contributed by atoms with Gasteiger partial charge in [-0.15, -0.1) is 0 Å². The van der Waals surface area contributed by atoms with Gasteiger partial charge in [-0.3, -0.25) is 4.90 Å². The summed E-state index contributed by atoms with van der Waals surface area (Å²) in [5.74, 6) is -0.367. The van der Waals surface area contributed by atoms with E-state index in [-0.39, 0.29) is 12.0 Å². The summed E-state index contributed by atoms with van der Waals surface area (Å²) in [5.41, 5.74) is 0.619. The van der Waals surface area contributed by atoms with Gasteiger partial charge in [-0.05, 0) is 20.3 Å². The molecule has 1 aliphatic heterocycles. The standard InChI is InChI=1S/C14H21N3O3S/c1-4-6-7-16-8-9-17(14(16)19)13-15-10(3)11(21-13)12(18)20-5-2/h4-9H2,1-3H3. The van der Waals surface area contributed by atoms with Crippen LogP contribution in [-0.2, 0) is 4.74 Å². The topological polar surface area (TPSA) is 62.7 Å². The summed E-state index contributed by atoms with van der Waals surface area (Å²) >= 11 is 1.23. The molecule has 2 rings (SSSR count). The fourth-order valence-electron chi connectivity index (χ4n) is 2.20. The summed E-state index contributed by atoms with van der Waals surface area (Å²) in [7, 11) is 0. The van der Waals surface area contributed by atoms with E-state index < -0.39 is 0 Å². The first-order valence-corrected chi connectivity index (χ1v) is 8.11. The molecule has 7 heteroatoms. The van der Waals surface area contributed by atoms with Crippen LogP contribution in [0.2, 0.25) is 0 Å². The van der Waals surface area contributed by atoms with Gasteiger partial charge in [0.25, 0.3) is 0 Å². The van der Waals surface area contributed by atoms with Crippen LogP contribution in [-0.4, -0.2) is 48.1 Å². The number of nitrogens with zero attached hydrogens (tertiary/aromatic N) is 3. The van der Waals surface area contributed by atoms with E-state index in [1.54, 1.807) is 18.7 Å². The van der Waals surface area contributed by atoms with Crippen LogP contribution < -0.4 is 4.90 Å². The number of carbonyl (C=O) groups excluding carboxylic acids is 2. The highest BCUT2D eigenvalue weighted by atomic mass is 32.1. The monoisotopic (exact) mass is 311 g/mol. The van der Waals surface area contributed by atoms with Crippen molar-refractivity contribution in [2.45, 2.75) is 33.6 Å². The Labute approximate surface area is 128 Å². The highest BCUT2D eigenvalue weighted by Crippen LogP contribution is 2.29. The number of aryl methyl sites for hydroxylation is 1. The quantitative estimate of drug-likeness (QED) is 0.758. The molecule has 6 nitrogen and oxygen atoms in total. The number of esters is 1. The van der Waals surface area contributed by atoms with Crippen LogP contribution in [0.3, 0.4) is 0 Å². The molecule has 1 aromatic rings. The zero-order valence-corrected chi connectivity index (χ0v) is 13.5. The summed E-state index contributed by atoms with van der Waals surface area (Å²) in [4.78, 5) is 32.5. The number of anilines is 1. The van der Waals surface area contributed by atoms with Gasteiger partial charge in [0.2, 0.25) is 0 Å². The number of hydrogen-bond acceptors (Lipinski definition) is 5. The summed E-state index contributed by atoms with van der Waals surface area (Å²) in [6.07, 6.45) is 2.07. The Bertz CT molecular complexity index is 530. The Balaban J connectivity index is 2.11. The lowest BCUT2D eigenvalue weighted by Gasteiger charge is -2.16. The Morgan fingerprint density at radius 1 is 1.38 bits per heavy atom. The fraction of sp³-hybridized carbons (Fsp3) is 0.643. The summed E-state index contributed by atoms with van der Waals surface area (Å²) in [6, 6.07) is -0.0207. The molecule has 0 unspecified atom stereocenters. The lowest BCUT2D eigenvalue weighted by atomic mass is 10.3. The smallest absolute Gasteiger partial charge is 0.350 e. The van der Waals surface area contributed by atoms with Crippen LogP contribution in [0.15, 0.2) is 0 Å². The van der Waals surface area contributed by atoms with Crippen molar-refractivity contribution < 1.29 is 14.3 Å². The van der Waals surface area contributed by atoms with Gasteiger partial charge in [0.15, 0.2) is 5.13 Å². The van der Waals surface area contributed by atoms with E-state index in [1.165, 1.54) is 11.3 Å². The third-order valence-electron chi connectivity index (χ3n) is 3.35. The number of amides is 2. The van der Waals surface area contributed by atoms with Crippen LogP contribution in [0.1, 0.15) is 42.1 Å². The second kappa shape index (κ2) is 6.89. The molecule has 0 N–H and O–H groups in total. The first kappa shape index (κ1) is 15.8. The Kier molecular flexibility index (Phi) is 5.17. The molecule has 1 saturated heterocycles. The van der Waals surface area contributed by atoms with Crippen molar-refractivity contribution in [2.24, 2.45) is 0 Å². The SMILES string of the molecule is CCCCN1CCN(c2nc(C)c(C(=O)OCC)s2)C1=O. The van der Waals surface area contributed by atoms with Gasteiger partial charge in [-0.1, -0.05) is 24.7 Å². The van der Waals surface area contributed by atoms with Crippen molar-refractivity contribution in [3.8, 4) is 0 Å². The normalized spacial score (nSPS) is 14.9. The third-order valence-corrected chi connectivity index (χ3v) is 4.51. The molecule has 0 saturated carbocycles. The molecule has 0 bridgehead atoms. The average Bonchev–Trinajstić information content (AvgIpc) is 3.00. The number of aromatic nitrogens is 1. The van der Waals surface area contributed by atoms with E-state index in [9.17, 15) is 9.59 Å². The van der Waals surface area contributed by atoms with E-state index in [4.69, 9.17) is 4.74 Å². The van der Waals surface area contributed by atoms with Crippen molar-refractivity contribution in [2.75, 3.05) is 31.1 Å². The molecule has 1 fully saturated rings. The molecule has 1 aliphatic rings. The van der Waals surface area contributed by atoms with Crippen LogP contribution in [0.5, 0.6) is 0 Å². The maximum atomic E-state index is 12.3. The number of carbonyl (C=O) groups is 2. The van der Waals surface area contributed by atoms with Crippen LogP contribution in [0.25, 0.3) is 0 Å². The minimum absolute atomic E-state index is 0.0207. The summed E-state index contributed by atoms with van der Waals surface area (Å²) < 4.78 is 5.00. The average molecular weight is 311 g/mol. The van der Waals surface area contributed by atoms with E-state index in [1.807, 2.05) is 4.90 Å². The fourth-order valence-corrected chi connectivity index (χ4v) is 3.18. The van der Waals surface area contributed by atoms with Gasteiger partial charge < -0.3 is 9.64 Å². The van der Waals surface area contributed by atoms with E-state index in [0.29, 0.717) is 35.4 Å². The van der Waals surface area contributed by atoms with Crippen molar-refractivity contribution >= 4 is 28.5 Å². The summed E-state index contributed by atoms with van der Waals surface area (Å²) in [5, 5.41) is 0.583. The molecular formula is C14H21N3O3S. The first-order chi connectivity index (χ1) is 10.1. The number of thiazole rings is 1. The molecule has 21 heavy (non-hydrogen) atoms. The van der Waals surface area contributed by atoms with E-state index in [2.05, 4.69) is 11.9 Å². The molecule has 0 aromatic carbocycles. The second-order valence-corrected chi connectivity index (χ2v) is 5.88. The zero-order chi connectivity index (χ0) is 15.4. The minimum atomic E-state index is -0.367. The summed E-state index contributed by atoms with van der Waals surface area (Å²) in [6.45, 7) is 8.09. The molecule has 0 spiro atoms. The van der Waals surface area contributed by atoms with Crippen LogP contribution >= 0.6 is 11.3 Å². The van der Waals surface area contributed by atoms with Crippen molar-refractivity contribution in [3.05, 3.63) is 10.6 Å². The largest absolute Gasteiger partial charge is 0.462 e. The van der Waals surface area contributed by atoms with Crippen molar-refractivity contribution in [1.29, 1.82) is 0 Å². The lowest BCUT2D eigenvalue weighted by molar-refractivity contribution is 0.0531. The predicted molar refractivity (Wildman–Crippen MR) is 82.0 cm³/mol. The van der Waals surface area contributed by atoms with Gasteiger partial charge >= 0.3 is 12.0 Å². The minimum Gasteiger partial charge on any atom is -0.462 e. The number of urea groups is 1. The maximum absolute atomic E-state index is 12.3. The van der Waals surface area contributed by atoms with Gasteiger partial charge in [-0.25, -0.2) is 14.6 Å². The molecule has 2 amide bonds. The van der Waals surface area contributed by atoms with Crippen LogP contribution in [0, 0.1) is 6.92 Å².